The van der Waals surface area contributed by atoms with E-state index in [9.17, 15) is 9.50 Å². The molecule has 21 heavy (non-hydrogen) atoms. The lowest BCUT2D eigenvalue weighted by molar-refractivity contribution is 0.186. The molecule has 0 saturated heterocycles. The number of rotatable bonds is 5. The van der Waals surface area contributed by atoms with Crippen molar-refractivity contribution in [2.24, 2.45) is 0 Å². The van der Waals surface area contributed by atoms with Gasteiger partial charge < -0.3 is 15.2 Å². The molecular formula is C16H15FN2O2. The van der Waals surface area contributed by atoms with Crippen LogP contribution in [-0.2, 0) is 0 Å². The lowest BCUT2D eigenvalue weighted by atomic mass is 10.1. The molecule has 108 valence electrons. The van der Waals surface area contributed by atoms with E-state index in [-0.39, 0.29) is 12.1 Å². The largest absolute Gasteiger partial charge is 0.495 e. The topological polar surface area (TPSA) is 65.3 Å². The van der Waals surface area contributed by atoms with Crippen LogP contribution in [0.5, 0.6) is 5.75 Å². The highest BCUT2D eigenvalue weighted by atomic mass is 19.1. The normalized spacial score (nSPS) is 11.5. The summed E-state index contributed by atoms with van der Waals surface area (Å²) in [6, 6.07) is 13.1. The van der Waals surface area contributed by atoms with Gasteiger partial charge in [-0.25, -0.2) is 4.39 Å². The Morgan fingerprint density at radius 3 is 2.71 bits per heavy atom. The number of aliphatic hydroxyl groups excluding tert-OH is 1. The Morgan fingerprint density at radius 2 is 2.05 bits per heavy atom. The Bertz CT molecular complexity index is 668. The van der Waals surface area contributed by atoms with Crippen molar-refractivity contribution in [2.45, 2.75) is 6.10 Å². The number of aliphatic hydroxyl groups is 1. The van der Waals surface area contributed by atoms with Gasteiger partial charge in [0.25, 0.3) is 0 Å². The van der Waals surface area contributed by atoms with Gasteiger partial charge in [-0.2, -0.15) is 5.26 Å². The smallest absolute Gasteiger partial charge is 0.143 e. The van der Waals surface area contributed by atoms with Crippen LogP contribution in [0.3, 0.4) is 0 Å². The first-order chi connectivity index (χ1) is 10.2. The number of halogens is 1. The minimum absolute atomic E-state index is 0.0655. The maximum atomic E-state index is 13.6. The zero-order chi connectivity index (χ0) is 15.2. The van der Waals surface area contributed by atoms with E-state index in [1.165, 1.54) is 19.2 Å². The van der Waals surface area contributed by atoms with E-state index in [0.717, 1.165) is 0 Å². The Labute approximate surface area is 122 Å². The van der Waals surface area contributed by atoms with Crippen LogP contribution in [-0.4, -0.2) is 18.8 Å². The summed E-state index contributed by atoms with van der Waals surface area (Å²) in [5, 5.41) is 22.1. The summed E-state index contributed by atoms with van der Waals surface area (Å²) < 4.78 is 18.8. The average Bonchev–Trinajstić information content (AvgIpc) is 2.52. The molecular weight excluding hydrogens is 271 g/mol. The fraction of sp³-hybridized carbons (Fsp3) is 0.188. The number of methoxy groups -OCH3 is 1. The Morgan fingerprint density at radius 1 is 1.29 bits per heavy atom. The van der Waals surface area contributed by atoms with Gasteiger partial charge in [0.05, 0.1) is 24.5 Å². The molecule has 2 aromatic rings. The van der Waals surface area contributed by atoms with Crippen LogP contribution in [0.4, 0.5) is 10.1 Å². The molecule has 4 nitrogen and oxygen atoms in total. The van der Waals surface area contributed by atoms with Crippen molar-refractivity contribution in [1.82, 2.24) is 0 Å². The van der Waals surface area contributed by atoms with Gasteiger partial charge >= 0.3 is 0 Å². The van der Waals surface area contributed by atoms with Crippen molar-refractivity contribution in [2.75, 3.05) is 19.0 Å². The van der Waals surface area contributed by atoms with Crippen LogP contribution in [0.15, 0.2) is 42.5 Å². The van der Waals surface area contributed by atoms with Gasteiger partial charge in [0, 0.05) is 12.1 Å². The Kier molecular flexibility index (Phi) is 4.75. The highest BCUT2D eigenvalue weighted by Crippen LogP contribution is 2.28. The zero-order valence-corrected chi connectivity index (χ0v) is 11.5. The summed E-state index contributed by atoms with van der Waals surface area (Å²) in [5.41, 5.74) is 1.09. The predicted octanol–water partition coefficient (Wildman–Crippen LogP) is 2.85. The molecule has 0 aliphatic heterocycles. The molecule has 1 atom stereocenters. The molecule has 0 bridgehead atoms. The second-order valence-corrected chi connectivity index (χ2v) is 4.41. The number of nitrogens with zero attached hydrogens (tertiary/aromatic N) is 1. The van der Waals surface area contributed by atoms with Crippen molar-refractivity contribution in [3.8, 4) is 11.8 Å². The summed E-state index contributed by atoms with van der Waals surface area (Å²) in [6.07, 6.45) is -1.03. The molecule has 0 aromatic heterocycles. The quantitative estimate of drug-likeness (QED) is 0.887. The Balaban J connectivity index is 2.17. The molecule has 0 aliphatic rings. The van der Waals surface area contributed by atoms with Crippen molar-refractivity contribution in [1.29, 1.82) is 5.26 Å². The van der Waals surface area contributed by atoms with Gasteiger partial charge in [-0.1, -0.05) is 24.3 Å². The summed E-state index contributed by atoms with van der Waals surface area (Å²) in [7, 11) is 1.50. The monoisotopic (exact) mass is 286 g/mol. The number of anilines is 1. The second-order valence-electron chi connectivity index (χ2n) is 4.41. The van der Waals surface area contributed by atoms with E-state index in [1.54, 1.807) is 30.3 Å². The second kappa shape index (κ2) is 6.73. The summed E-state index contributed by atoms with van der Waals surface area (Å²) in [6.45, 7) is 0.0655. The van der Waals surface area contributed by atoms with Gasteiger partial charge in [0.15, 0.2) is 0 Å². The first kappa shape index (κ1) is 14.8. The third-order valence-electron chi connectivity index (χ3n) is 3.10. The first-order valence-electron chi connectivity index (χ1n) is 6.41. The summed E-state index contributed by atoms with van der Waals surface area (Å²) in [4.78, 5) is 0. The molecule has 0 heterocycles. The number of nitrogens with one attached hydrogen (secondary N) is 1. The molecule has 0 amide bonds. The van der Waals surface area contributed by atoms with Gasteiger partial charge in [-0.05, 0) is 18.2 Å². The van der Waals surface area contributed by atoms with Crippen LogP contribution in [0.2, 0.25) is 0 Å². The molecule has 2 aromatic carbocycles. The van der Waals surface area contributed by atoms with Gasteiger partial charge in [0.1, 0.15) is 17.6 Å². The number of ether oxygens (including phenoxy) is 1. The van der Waals surface area contributed by atoms with Crippen LogP contribution in [0.25, 0.3) is 0 Å². The van der Waals surface area contributed by atoms with E-state index < -0.39 is 11.9 Å². The van der Waals surface area contributed by atoms with E-state index in [1.807, 2.05) is 6.07 Å². The maximum Gasteiger partial charge on any atom is 0.143 e. The number of nitriles is 1. The lowest BCUT2D eigenvalue weighted by Crippen LogP contribution is -2.14. The molecule has 0 aliphatic carbocycles. The molecule has 5 heteroatoms. The minimum atomic E-state index is -1.03. The first-order valence-corrected chi connectivity index (χ1v) is 6.41. The Hall–Kier alpha value is -2.58. The van der Waals surface area contributed by atoms with Crippen LogP contribution in [0, 0.1) is 17.1 Å². The predicted molar refractivity (Wildman–Crippen MR) is 77.6 cm³/mol. The molecule has 0 spiro atoms. The van der Waals surface area contributed by atoms with E-state index in [4.69, 9.17) is 10.00 Å². The highest BCUT2D eigenvalue weighted by molar-refractivity contribution is 5.66. The van der Waals surface area contributed by atoms with E-state index in [2.05, 4.69) is 5.32 Å². The molecule has 2 rings (SSSR count). The molecule has 0 radical (unpaired) electrons. The van der Waals surface area contributed by atoms with Crippen LogP contribution >= 0.6 is 0 Å². The van der Waals surface area contributed by atoms with Crippen molar-refractivity contribution in [3.63, 3.8) is 0 Å². The van der Waals surface area contributed by atoms with Gasteiger partial charge in [-0.15, -0.1) is 0 Å². The molecule has 1 unspecified atom stereocenters. The van der Waals surface area contributed by atoms with Crippen LogP contribution in [0.1, 0.15) is 17.2 Å². The lowest BCUT2D eigenvalue weighted by Gasteiger charge is -2.16. The maximum absolute atomic E-state index is 13.6. The van der Waals surface area contributed by atoms with Gasteiger partial charge in [-0.3, -0.25) is 0 Å². The average molecular weight is 286 g/mol. The minimum Gasteiger partial charge on any atom is -0.495 e. The van der Waals surface area contributed by atoms with Crippen molar-refractivity contribution < 1.29 is 14.2 Å². The zero-order valence-electron chi connectivity index (χ0n) is 11.5. The third kappa shape index (κ3) is 3.30. The molecule has 0 saturated carbocycles. The molecule has 0 fully saturated rings. The third-order valence-corrected chi connectivity index (χ3v) is 3.10. The van der Waals surface area contributed by atoms with Gasteiger partial charge in [0.2, 0.25) is 0 Å². The summed E-state index contributed by atoms with van der Waals surface area (Å²) in [5.74, 6) is 0.0297. The SMILES string of the molecule is COc1cccc(C#N)c1NCC(O)c1ccccc1F. The number of hydrogen-bond donors (Lipinski definition) is 2. The van der Waals surface area contributed by atoms with Crippen LogP contribution < -0.4 is 10.1 Å². The fourth-order valence-corrected chi connectivity index (χ4v) is 2.03. The van der Waals surface area contributed by atoms with E-state index in [0.29, 0.717) is 17.0 Å². The standard InChI is InChI=1S/C16H15FN2O2/c1-21-15-8-4-5-11(9-18)16(15)19-10-14(20)12-6-2-3-7-13(12)17/h2-8,14,19-20H,10H2,1H3. The molecule has 2 N–H and O–H groups in total. The van der Waals surface area contributed by atoms with Crippen molar-refractivity contribution in [3.05, 3.63) is 59.4 Å². The highest BCUT2D eigenvalue weighted by Gasteiger charge is 2.14. The summed E-state index contributed by atoms with van der Waals surface area (Å²) >= 11 is 0. The van der Waals surface area contributed by atoms with E-state index >= 15 is 0 Å². The van der Waals surface area contributed by atoms with Crippen molar-refractivity contribution >= 4 is 5.69 Å². The number of benzene rings is 2. The number of hydrogen-bond acceptors (Lipinski definition) is 4. The fourth-order valence-electron chi connectivity index (χ4n) is 2.03. The number of para-hydroxylation sites is 1.